The predicted molar refractivity (Wildman–Crippen MR) is 149 cm³/mol. The van der Waals surface area contributed by atoms with E-state index in [2.05, 4.69) is 25.4 Å². The number of carbonyl (C=O) groups is 2. The van der Waals surface area contributed by atoms with Crippen molar-refractivity contribution in [2.75, 3.05) is 38.7 Å². The van der Waals surface area contributed by atoms with E-state index in [1.54, 1.807) is 24.0 Å². The van der Waals surface area contributed by atoms with Crippen molar-refractivity contribution in [2.24, 2.45) is 17.6 Å². The minimum Gasteiger partial charge on any atom is -0.383 e. The minimum atomic E-state index is -0.540. The molecule has 6 rings (SSSR count). The standard InChI is InChI=1S/C27H32N8O3S/c1-16-21(9-20(11-29-16)32-23(36)15-33-6-5-18(13-33)17-3-4-17)24-25(19-10-30-34(14-19)7-8-38-2)39-27-22(26(28)37)12-31-35(24)27/h9-12,14,17-18H,3-8,13,15H2,1-2H3,(H2,28,37)(H,32,36). The Balaban J connectivity index is 1.32. The lowest BCUT2D eigenvalue weighted by Gasteiger charge is -2.16. The smallest absolute Gasteiger partial charge is 0.253 e. The van der Waals surface area contributed by atoms with Gasteiger partial charge < -0.3 is 15.8 Å². The van der Waals surface area contributed by atoms with E-state index < -0.39 is 5.91 Å². The number of ether oxygens (including phenoxy) is 1. The molecule has 4 aromatic heterocycles. The number of fused-ring (bicyclic) bond motifs is 1. The summed E-state index contributed by atoms with van der Waals surface area (Å²) in [6.45, 7) is 5.42. The van der Waals surface area contributed by atoms with Gasteiger partial charge in [0.05, 0.1) is 60.1 Å². The van der Waals surface area contributed by atoms with Crippen LogP contribution in [0, 0.1) is 18.8 Å². The van der Waals surface area contributed by atoms with Gasteiger partial charge in [0.2, 0.25) is 5.91 Å². The number of methoxy groups -OCH3 is 1. The molecule has 11 nitrogen and oxygen atoms in total. The van der Waals surface area contributed by atoms with E-state index in [1.165, 1.54) is 36.8 Å². The monoisotopic (exact) mass is 548 g/mol. The number of nitrogens with two attached hydrogens (primary N) is 1. The molecule has 1 aliphatic carbocycles. The van der Waals surface area contributed by atoms with Crippen LogP contribution in [0.5, 0.6) is 0 Å². The predicted octanol–water partition coefficient (Wildman–Crippen LogP) is 3.05. The van der Waals surface area contributed by atoms with Gasteiger partial charge in [-0.15, -0.1) is 11.3 Å². The molecule has 0 radical (unpaired) electrons. The number of aryl methyl sites for hydroxylation is 1. The molecule has 2 aliphatic rings. The van der Waals surface area contributed by atoms with Gasteiger partial charge in [0.15, 0.2) is 0 Å². The third-order valence-corrected chi connectivity index (χ3v) is 8.85. The molecule has 2 amide bonds. The topological polar surface area (TPSA) is 133 Å². The maximum atomic E-state index is 12.9. The summed E-state index contributed by atoms with van der Waals surface area (Å²) >= 11 is 1.42. The second-order valence-electron chi connectivity index (χ2n) is 10.4. The fourth-order valence-corrected chi connectivity index (χ4v) is 6.63. The lowest BCUT2D eigenvalue weighted by atomic mass is 10.0. The zero-order valence-electron chi connectivity index (χ0n) is 22.1. The van der Waals surface area contributed by atoms with Crippen LogP contribution in [0.3, 0.4) is 0 Å². The molecule has 0 bridgehead atoms. The molecule has 204 valence electrons. The number of hydrogen-bond acceptors (Lipinski definition) is 8. The molecule has 4 aromatic rings. The number of pyridine rings is 1. The van der Waals surface area contributed by atoms with Crippen molar-refractivity contribution in [1.29, 1.82) is 0 Å². The number of aromatic nitrogens is 5. The first-order valence-electron chi connectivity index (χ1n) is 13.2. The zero-order chi connectivity index (χ0) is 27.1. The molecule has 2 fully saturated rings. The highest BCUT2D eigenvalue weighted by Crippen LogP contribution is 2.42. The first-order chi connectivity index (χ1) is 18.9. The van der Waals surface area contributed by atoms with E-state index in [0.29, 0.717) is 35.8 Å². The van der Waals surface area contributed by atoms with Crippen LogP contribution in [0.1, 0.15) is 35.3 Å². The summed E-state index contributed by atoms with van der Waals surface area (Å²) in [4.78, 5) is 33.4. The molecular formula is C27H32N8O3S. The van der Waals surface area contributed by atoms with E-state index in [9.17, 15) is 9.59 Å². The van der Waals surface area contributed by atoms with Crippen LogP contribution >= 0.6 is 11.3 Å². The highest BCUT2D eigenvalue weighted by molar-refractivity contribution is 7.21. The molecule has 39 heavy (non-hydrogen) atoms. The Morgan fingerprint density at radius 2 is 2.03 bits per heavy atom. The molecule has 1 saturated heterocycles. The first-order valence-corrected chi connectivity index (χ1v) is 14.0. The second-order valence-corrected chi connectivity index (χ2v) is 11.4. The number of nitrogens with zero attached hydrogens (tertiary/aromatic N) is 6. The van der Waals surface area contributed by atoms with E-state index in [4.69, 9.17) is 10.5 Å². The fourth-order valence-electron chi connectivity index (χ4n) is 5.43. The summed E-state index contributed by atoms with van der Waals surface area (Å²) < 4.78 is 8.72. The zero-order valence-corrected chi connectivity index (χ0v) is 22.9. The van der Waals surface area contributed by atoms with Crippen LogP contribution in [-0.2, 0) is 16.1 Å². The van der Waals surface area contributed by atoms with Gasteiger partial charge in [-0.25, -0.2) is 4.52 Å². The number of nitrogens with one attached hydrogen (secondary N) is 1. The van der Waals surface area contributed by atoms with Gasteiger partial charge in [-0.2, -0.15) is 10.2 Å². The van der Waals surface area contributed by atoms with Crippen LogP contribution in [0.2, 0.25) is 0 Å². The van der Waals surface area contributed by atoms with Gasteiger partial charge in [-0.1, -0.05) is 0 Å². The largest absolute Gasteiger partial charge is 0.383 e. The van der Waals surface area contributed by atoms with Crippen molar-refractivity contribution in [2.45, 2.75) is 32.7 Å². The number of rotatable bonds is 10. The average molecular weight is 549 g/mol. The third-order valence-electron chi connectivity index (χ3n) is 7.63. The number of amides is 2. The molecule has 1 aliphatic heterocycles. The molecule has 0 spiro atoms. The molecule has 0 aromatic carbocycles. The highest BCUT2D eigenvalue weighted by atomic mass is 32.1. The summed E-state index contributed by atoms with van der Waals surface area (Å²) in [5.41, 5.74) is 9.82. The molecule has 1 unspecified atom stereocenters. The van der Waals surface area contributed by atoms with Crippen molar-refractivity contribution in [3.05, 3.63) is 42.1 Å². The molecule has 3 N–H and O–H groups in total. The minimum absolute atomic E-state index is 0.0479. The van der Waals surface area contributed by atoms with Gasteiger partial charge in [0.1, 0.15) is 4.83 Å². The normalized spacial score (nSPS) is 17.7. The summed E-state index contributed by atoms with van der Waals surface area (Å²) in [6, 6.07) is 1.92. The van der Waals surface area contributed by atoms with Crippen LogP contribution in [0.25, 0.3) is 26.5 Å². The Morgan fingerprint density at radius 1 is 1.18 bits per heavy atom. The van der Waals surface area contributed by atoms with Gasteiger partial charge in [-0.3, -0.25) is 24.2 Å². The van der Waals surface area contributed by atoms with E-state index in [-0.39, 0.29) is 5.91 Å². The van der Waals surface area contributed by atoms with Crippen molar-refractivity contribution in [3.8, 4) is 21.7 Å². The second kappa shape index (κ2) is 10.5. The summed E-state index contributed by atoms with van der Waals surface area (Å²) in [5, 5.41) is 12.0. The van der Waals surface area contributed by atoms with Crippen molar-refractivity contribution in [1.82, 2.24) is 29.3 Å². The summed E-state index contributed by atoms with van der Waals surface area (Å²) in [6.07, 6.45) is 10.8. The molecule has 12 heteroatoms. The van der Waals surface area contributed by atoms with Crippen molar-refractivity contribution >= 4 is 33.7 Å². The number of primary amides is 1. The summed E-state index contributed by atoms with van der Waals surface area (Å²) in [5.74, 6) is 1.02. The van der Waals surface area contributed by atoms with E-state index >= 15 is 0 Å². The Labute approximate surface area is 230 Å². The number of hydrogen-bond donors (Lipinski definition) is 2. The molecule has 1 saturated carbocycles. The third kappa shape index (κ3) is 5.19. The van der Waals surface area contributed by atoms with Gasteiger partial charge >= 0.3 is 0 Å². The van der Waals surface area contributed by atoms with Crippen LogP contribution in [-0.4, -0.2) is 74.4 Å². The number of carbonyl (C=O) groups excluding carboxylic acids is 2. The van der Waals surface area contributed by atoms with Crippen LogP contribution < -0.4 is 11.1 Å². The van der Waals surface area contributed by atoms with Crippen molar-refractivity contribution < 1.29 is 14.3 Å². The summed E-state index contributed by atoms with van der Waals surface area (Å²) in [7, 11) is 1.65. The maximum Gasteiger partial charge on any atom is 0.253 e. The van der Waals surface area contributed by atoms with Gasteiger partial charge in [0, 0.05) is 36.7 Å². The molecule has 1 atom stereocenters. The molecular weight excluding hydrogens is 516 g/mol. The Kier molecular flexibility index (Phi) is 6.92. The van der Waals surface area contributed by atoms with Gasteiger partial charge in [0.25, 0.3) is 5.91 Å². The highest BCUT2D eigenvalue weighted by Gasteiger charge is 2.36. The fraction of sp³-hybridized carbons (Fsp3) is 0.444. The van der Waals surface area contributed by atoms with Crippen molar-refractivity contribution in [3.63, 3.8) is 0 Å². The van der Waals surface area contributed by atoms with Crippen LogP contribution in [0.15, 0.2) is 30.9 Å². The van der Waals surface area contributed by atoms with Crippen LogP contribution in [0.4, 0.5) is 5.69 Å². The Morgan fingerprint density at radius 3 is 2.79 bits per heavy atom. The van der Waals surface area contributed by atoms with E-state index in [1.807, 2.05) is 23.9 Å². The Hall–Kier alpha value is -3.61. The lowest BCUT2D eigenvalue weighted by molar-refractivity contribution is -0.117. The lowest BCUT2D eigenvalue weighted by Crippen LogP contribution is -2.31. The maximum absolute atomic E-state index is 12.9. The average Bonchev–Trinajstić information content (AvgIpc) is 3.25. The number of likely N-dealkylation sites (tertiary alicyclic amines) is 1. The quantitative estimate of drug-likeness (QED) is 0.311. The van der Waals surface area contributed by atoms with E-state index in [0.717, 1.165) is 52.3 Å². The SMILES string of the molecule is COCCn1cc(-c2sc3c(C(N)=O)cnn3c2-c2cc(NC(=O)CN3CCC(C4CC4)C3)cnc2C)cn1. The first kappa shape index (κ1) is 25.7. The molecule has 5 heterocycles. The Bertz CT molecular complexity index is 1540. The number of thiazole rings is 1. The number of anilines is 1. The van der Waals surface area contributed by atoms with Gasteiger partial charge in [-0.05, 0) is 50.6 Å².